The van der Waals surface area contributed by atoms with Gasteiger partial charge in [0.2, 0.25) is 0 Å². The van der Waals surface area contributed by atoms with Gasteiger partial charge >= 0.3 is 0 Å². The fourth-order valence-corrected chi connectivity index (χ4v) is 3.13. The summed E-state index contributed by atoms with van der Waals surface area (Å²) in [5, 5.41) is 14.2. The van der Waals surface area contributed by atoms with Crippen LogP contribution in [0.25, 0.3) is 0 Å². The Kier molecular flexibility index (Phi) is 6.84. The molecule has 7 heteroatoms. The number of rotatable bonds is 8. The number of ether oxygens (including phenoxy) is 2. The highest BCUT2D eigenvalue weighted by molar-refractivity contribution is 5.92. The highest BCUT2D eigenvalue weighted by Crippen LogP contribution is 2.30. The zero-order valence-electron chi connectivity index (χ0n) is 16.3. The maximum absolute atomic E-state index is 12.2. The SMILES string of the molecule is COc1ccc(OC)c(Nc2ccc(C(=O)NCCC3=CCCCC3)nn2)c1. The van der Waals surface area contributed by atoms with E-state index in [1.165, 1.54) is 18.4 Å². The molecule has 1 aromatic carbocycles. The predicted octanol–water partition coefficient (Wildman–Crippen LogP) is 3.86. The number of aromatic nitrogens is 2. The first-order chi connectivity index (χ1) is 13.7. The Bertz CT molecular complexity index is 834. The molecule has 3 rings (SSSR count). The summed E-state index contributed by atoms with van der Waals surface area (Å²) in [5.41, 5.74) is 2.43. The van der Waals surface area contributed by atoms with Gasteiger partial charge in [0.05, 0.1) is 19.9 Å². The van der Waals surface area contributed by atoms with Crippen LogP contribution in [-0.2, 0) is 0 Å². The third-order valence-corrected chi connectivity index (χ3v) is 4.68. The fourth-order valence-electron chi connectivity index (χ4n) is 3.13. The first-order valence-corrected chi connectivity index (χ1v) is 9.48. The molecule has 1 amide bonds. The van der Waals surface area contributed by atoms with Gasteiger partial charge in [-0.1, -0.05) is 11.6 Å². The molecule has 0 spiro atoms. The van der Waals surface area contributed by atoms with E-state index >= 15 is 0 Å². The van der Waals surface area contributed by atoms with Crippen LogP contribution in [0.2, 0.25) is 0 Å². The van der Waals surface area contributed by atoms with Crippen LogP contribution in [-0.4, -0.2) is 36.9 Å². The molecule has 2 aromatic rings. The summed E-state index contributed by atoms with van der Waals surface area (Å²) in [6, 6.07) is 8.79. The first-order valence-electron chi connectivity index (χ1n) is 9.48. The van der Waals surface area contributed by atoms with Gasteiger partial charge in [-0.25, -0.2) is 0 Å². The summed E-state index contributed by atoms with van der Waals surface area (Å²) in [7, 11) is 3.19. The van der Waals surface area contributed by atoms with Gasteiger partial charge in [0.1, 0.15) is 11.5 Å². The van der Waals surface area contributed by atoms with Crippen molar-refractivity contribution in [2.24, 2.45) is 0 Å². The van der Waals surface area contributed by atoms with Crippen LogP contribution in [0, 0.1) is 0 Å². The van der Waals surface area contributed by atoms with Gasteiger partial charge in [0, 0.05) is 12.6 Å². The van der Waals surface area contributed by atoms with Gasteiger partial charge in [0.15, 0.2) is 11.5 Å². The molecule has 0 atom stereocenters. The van der Waals surface area contributed by atoms with Crippen molar-refractivity contribution in [2.45, 2.75) is 32.1 Å². The smallest absolute Gasteiger partial charge is 0.271 e. The summed E-state index contributed by atoms with van der Waals surface area (Å²) < 4.78 is 10.6. The molecule has 0 saturated carbocycles. The average Bonchev–Trinajstić information content (AvgIpc) is 2.75. The Labute approximate surface area is 165 Å². The fraction of sp³-hybridized carbons (Fsp3) is 0.381. The van der Waals surface area contributed by atoms with Gasteiger partial charge in [0.25, 0.3) is 5.91 Å². The molecule has 0 radical (unpaired) electrons. The minimum absolute atomic E-state index is 0.213. The lowest BCUT2D eigenvalue weighted by molar-refractivity contribution is 0.0948. The van der Waals surface area contributed by atoms with Gasteiger partial charge in [-0.3, -0.25) is 4.79 Å². The van der Waals surface area contributed by atoms with Crippen LogP contribution in [0.4, 0.5) is 11.5 Å². The van der Waals surface area contributed by atoms with Gasteiger partial charge in [-0.15, -0.1) is 10.2 Å². The van der Waals surface area contributed by atoms with Gasteiger partial charge in [-0.05, 0) is 56.4 Å². The van der Waals surface area contributed by atoms with Crippen molar-refractivity contribution in [3.63, 3.8) is 0 Å². The second-order valence-electron chi connectivity index (χ2n) is 6.61. The molecule has 1 aliphatic rings. The molecule has 2 N–H and O–H groups in total. The lowest BCUT2D eigenvalue weighted by Crippen LogP contribution is -2.26. The van der Waals surface area contributed by atoms with Crippen LogP contribution in [0.15, 0.2) is 42.0 Å². The van der Waals surface area contributed by atoms with Crippen LogP contribution < -0.4 is 20.1 Å². The molecule has 0 bridgehead atoms. The third kappa shape index (κ3) is 5.22. The van der Waals surface area contributed by atoms with E-state index in [2.05, 4.69) is 26.9 Å². The molecule has 1 aliphatic carbocycles. The molecule has 0 unspecified atom stereocenters. The number of nitrogens with one attached hydrogen (secondary N) is 2. The monoisotopic (exact) mass is 382 g/mol. The van der Waals surface area contributed by atoms with Crippen molar-refractivity contribution < 1.29 is 14.3 Å². The van der Waals surface area contributed by atoms with Crippen molar-refractivity contribution in [3.05, 3.63) is 47.7 Å². The van der Waals surface area contributed by atoms with E-state index in [1.807, 2.05) is 6.07 Å². The molecule has 28 heavy (non-hydrogen) atoms. The number of carbonyl (C=O) groups excluding carboxylic acids is 1. The van der Waals surface area contributed by atoms with E-state index in [4.69, 9.17) is 9.47 Å². The average molecular weight is 382 g/mol. The topological polar surface area (TPSA) is 85.4 Å². The van der Waals surface area contributed by atoms with Crippen LogP contribution in [0.3, 0.4) is 0 Å². The highest BCUT2D eigenvalue weighted by Gasteiger charge is 2.11. The molecular weight excluding hydrogens is 356 g/mol. The summed E-state index contributed by atoms with van der Waals surface area (Å²) in [6.45, 7) is 0.618. The normalized spacial score (nSPS) is 13.4. The second-order valence-corrected chi connectivity index (χ2v) is 6.61. The van der Waals surface area contributed by atoms with Crippen LogP contribution in [0.1, 0.15) is 42.6 Å². The highest BCUT2D eigenvalue weighted by atomic mass is 16.5. The third-order valence-electron chi connectivity index (χ3n) is 4.68. The number of hydrogen-bond donors (Lipinski definition) is 2. The number of methoxy groups -OCH3 is 2. The molecule has 0 aliphatic heterocycles. The Morgan fingerprint density at radius 1 is 1.11 bits per heavy atom. The number of hydrogen-bond acceptors (Lipinski definition) is 6. The van der Waals surface area contributed by atoms with Crippen molar-refractivity contribution >= 4 is 17.4 Å². The maximum atomic E-state index is 12.2. The van der Waals surface area contributed by atoms with E-state index in [-0.39, 0.29) is 5.91 Å². The van der Waals surface area contributed by atoms with Crippen molar-refractivity contribution in [1.82, 2.24) is 15.5 Å². The predicted molar refractivity (Wildman–Crippen MR) is 108 cm³/mol. The summed E-state index contributed by atoms with van der Waals surface area (Å²) in [4.78, 5) is 12.2. The lowest BCUT2D eigenvalue weighted by Gasteiger charge is -2.13. The zero-order valence-corrected chi connectivity index (χ0v) is 16.3. The van der Waals surface area contributed by atoms with E-state index in [0.717, 1.165) is 19.3 Å². The summed E-state index contributed by atoms with van der Waals surface area (Å²) in [5.74, 6) is 1.65. The van der Waals surface area contributed by atoms with E-state index in [9.17, 15) is 4.79 Å². The van der Waals surface area contributed by atoms with Crippen molar-refractivity contribution in [2.75, 3.05) is 26.1 Å². The van der Waals surface area contributed by atoms with E-state index in [1.54, 1.807) is 38.5 Å². The van der Waals surface area contributed by atoms with Crippen LogP contribution in [0.5, 0.6) is 11.5 Å². The summed E-state index contributed by atoms with van der Waals surface area (Å²) >= 11 is 0. The van der Waals surface area contributed by atoms with Crippen molar-refractivity contribution in [3.8, 4) is 11.5 Å². The largest absolute Gasteiger partial charge is 0.497 e. The number of carbonyl (C=O) groups is 1. The number of allylic oxidation sites excluding steroid dienone is 1. The van der Waals surface area contributed by atoms with E-state index in [0.29, 0.717) is 35.2 Å². The quantitative estimate of drug-likeness (QED) is 0.675. The number of benzene rings is 1. The van der Waals surface area contributed by atoms with Crippen LogP contribution >= 0.6 is 0 Å². The molecule has 7 nitrogen and oxygen atoms in total. The number of anilines is 2. The maximum Gasteiger partial charge on any atom is 0.271 e. The molecule has 1 heterocycles. The number of amides is 1. The second kappa shape index (κ2) is 9.73. The molecule has 0 saturated heterocycles. The standard InChI is InChI=1S/C21H26N4O3/c1-27-16-8-10-19(28-2)18(14-16)23-20-11-9-17(24-25-20)21(26)22-13-12-15-6-4-3-5-7-15/h6,8-11,14H,3-5,7,12-13H2,1-2H3,(H,22,26)(H,23,25). The first kappa shape index (κ1) is 19.7. The lowest BCUT2D eigenvalue weighted by atomic mass is 9.97. The Balaban J connectivity index is 1.57. The minimum Gasteiger partial charge on any atom is -0.497 e. The van der Waals surface area contributed by atoms with Crippen molar-refractivity contribution in [1.29, 1.82) is 0 Å². The zero-order chi connectivity index (χ0) is 19.8. The summed E-state index contributed by atoms with van der Waals surface area (Å²) in [6.07, 6.45) is 8.01. The molecular formula is C21H26N4O3. The minimum atomic E-state index is -0.213. The molecule has 148 valence electrons. The number of nitrogens with zero attached hydrogens (tertiary/aromatic N) is 2. The molecule has 1 aromatic heterocycles. The molecule has 0 fully saturated rings. The Morgan fingerprint density at radius 2 is 2.00 bits per heavy atom. The van der Waals surface area contributed by atoms with E-state index < -0.39 is 0 Å². The Hall–Kier alpha value is -3.09. The van der Waals surface area contributed by atoms with Gasteiger partial charge in [-0.2, -0.15) is 0 Å². The Morgan fingerprint density at radius 3 is 2.68 bits per heavy atom. The van der Waals surface area contributed by atoms with Gasteiger partial charge < -0.3 is 20.1 Å².